The lowest BCUT2D eigenvalue weighted by Gasteiger charge is -2.41. The van der Waals surface area contributed by atoms with Crippen molar-refractivity contribution in [3.8, 4) is 11.8 Å². The van der Waals surface area contributed by atoms with Crippen LogP contribution in [0.5, 0.6) is 0 Å². The lowest BCUT2D eigenvalue weighted by molar-refractivity contribution is -0.143. The van der Waals surface area contributed by atoms with Crippen LogP contribution in [0.15, 0.2) is 60.7 Å². The van der Waals surface area contributed by atoms with E-state index in [1.807, 2.05) is 56.3 Å². The average molecular weight is 632 g/mol. The monoisotopic (exact) mass is 631 g/mol. The molecule has 3 aromatic carbocycles. The zero-order valence-electron chi connectivity index (χ0n) is 25.1. The maximum absolute atomic E-state index is 13.7. The van der Waals surface area contributed by atoms with Crippen LogP contribution < -0.4 is 0 Å². The summed E-state index contributed by atoms with van der Waals surface area (Å²) in [6.45, 7) is 7.52. The van der Waals surface area contributed by atoms with E-state index in [1.165, 1.54) is 4.90 Å². The summed E-state index contributed by atoms with van der Waals surface area (Å²) in [5, 5.41) is 2.02. The zero-order chi connectivity index (χ0) is 32.4. The maximum Gasteiger partial charge on any atom is 0.416 e. The predicted octanol–water partition coefficient (Wildman–Crippen LogP) is 6.36. The molecule has 3 aromatic rings. The second kappa shape index (κ2) is 13.4. The van der Waals surface area contributed by atoms with Crippen LogP contribution >= 0.6 is 0 Å². The van der Waals surface area contributed by atoms with Crippen molar-refractivity contribution in [3.63, 3.8) is 0 Å². The quantitative estimate of drug-likeness (QED) is 0.243. The van der Waals surface area contributed by atoms with Crippen molar-refractivity contribution in [2.24, 2.45) is 0 Å². The van der Waals surface area contributed by atoms with Crippen molar-refractivity contribution in [1.82, 2.24) is 14.7 Å². The molecule has 2 heterocycles. The number of piperazine rings is 1. The summed E-state index contributed by atoms with van der Waals surface area (Å²) in [4.78, 5) is 19.4. The Morgan fingerprint density at radius 3 is 2.00 bits per heavy atom. The van der Waals surface area contributed by atoms with Gasteiger partial charge in [-0.2, -0.15) is 26.3 Å². The highest BCUT2D eigenvalue weighted by Crippen LogP contribution is 2.37. The summed E-state index contributed by atoms with van der Waals surface area (Å²) in [6.07, 6.45) is -9.47. The molecule has 3 atom stereocenters. The number of carbonyl (C=O) groups is 1. The second-order valence-corrected chi connectivity index (χ2v) is 11.9. The fraction of sp³-hybridized carbons (Fsp3) is 0.441. The number of morpholine rings is 1. The molecule has 0 aliphatic carbocycles. The highest BCUT2D eigenvalue weighted by molar-refractivity contribution is 5.95. The Hall–Kier alpha value is -3.59. The number of hydrogen-bond acceptors (Lipinski definition) is 4. The number of hydrogen-bond donors (Lipinski definition) is 0. The van der Waals surface area contributed by atoms with E-state index >= 15 is 0 Å². The predicted molar refractivity (Wildman–Crippen MR) is 160 cm³/mol. The molecule has 0 N–H and O–H groups in total. The molecule has 5 rings (SSSR count). The molecule has 11 heteroatoms. The van der Waals surface area contributed by atoms with Gasteiger partial charge in [-0.05, 0) is 54.8 Å². The van der Waals surface area contributed by atoms with Gasteiger partial charge in [0.15, 0.2) is 0 Å². The van der Waals surface area contributed by atoms with Crippen LogP contribution in [0.1, 0.15) is 40.9 Å². The number of fused-ring (bicyclic) bond motifs is 1. The van der Waals surface area contributed by atoms with E-state index in [0.717, 1.165) is 29.4 Å². The third-order valence-corrected chi connectivity index (χ3v) is 8.17. The first-order chi connectivity index (χ1) is 21.3. The third-order valence-electron chi connectivity index (χ3n) is 8.17. The summed E-state index contributed by atoms with van der Waals surface area (Å²) in [7, 11) is 0. The van der Waals surface area contributed by atoms with E-state index in [4.69, 9.17) is 4.74 Å². The number of nitrogens with zero attached hydrogens (tertiary/aromatic N) is 3. The van der Waals surface area contributed by atoms with Crippen LogP contribution in [-0.4, -0.2) is 84.7 Å². The molecule has 2 unspecified atom stereocenters. The van der Waals surface area contributed by atoms with E-state index in [1.54, 1.807) is 0 Å². The Kier molecular flexibility index (Phi) is 9.77. The summed E-state index contributed by atoms with van der Waals surface area (Å²) in [5.41, 5.74) is -2.75. The van der Waals surface area contributed by atoms with Gasteiger partial charge in [0, 0.05) is 44.3 Å². The number of carbonyl (C=O) groups excluding carboxylic acids is 1. The minimum atomic E-state index is -5.05. The third kappa shape index (κ3) is 8.37. The molecule has 2 fully saturated rings. The maximum atomic E-state index is 13.7. The number of alkyl halides is 6. The Balaban J connectivity index is 1.38. The molecular formula is C34H35F6N3O2. The van der Waals surface area contributed by atoms with E-state index in [2.05, 4.69) is 21.6 Å². The molecule has 0 aromatic heterocycles. The number of ether oxygens (including phenoxy) is 1. The first-order valence-electron chi connectivity index (χ1n) is 14.9. The number of benzene rings is 3. The Morgan fingerprint density at radius 2 is 1.38 bits per heavy atom. The fourth-order valence-corrected chi connectivity index (χ4v) is 6.14. The van der Waals surface area contributed by atoms with Gasteiger partial charge in [-0.15, -0.1) is 0 Å². The number of halogens is 6. The van der Waals surface area contributed by atoms with Gasteiger partial charge in [-0.3, -0.25) is 14.6 Å². The van der Waals surface area contributed by atoms with Crippen LogP contribution in [0.4, 0.5) is 26.3 Å². The summed E-state index contributed by atoms with van der Waals surface area (Å²) < 4.78 is 87.2. The standard InChI is InChI=1S/C34H35F6N3O2/c1-23-20-42(21-24(2)45-23)12-6-5-11-41-13-14-43(31(22-41)16-25-9-10-26-7-3-4-8-27(26)15-25)32(44)28-17-29(33(35,36)37)19-30(18-28)34(38,39)40/h3-4,7-10,15,17-19,23-24,31H,11-14,16,20-22H2,1-2H3/t23?,24?,31-/m1/s1. The number of rotatable bonds is 5. The minimum absolute atomic E-state index is 0.0399. The second-order valence-electron chi connectivity index (χ2n) is 11.9. The molecule has 1 amide bonds. The topological polar surface area (TPSA) is 36.0 Å². The molecule has 2 aliphatic rings. The van der Waals surface area contributed by atoms with Crippen LogP contribution in [0, 0.1) is 11.8 Å². The first kappa shape index (κ1) is 32.8. The highest BCUT2D eigenvalue weighted by atomic mass is 19.4. The largest absolute Gasteiger partial charge is 0.416 e. The molecule has 2 aliphatic heterocycles. The van der Waals surface area contributed by atoms with Gasteiger partial charge in [0.1, 0.15) is 0 Å². The highest BCUT2D eigenvalue weighted by Gasteiger charge is 2.39. The van der Waals surface area contributed by atoms with Crippen molar-refractivity contribution in [2.45, 2.75) is 50.9 Å². The number of amides is 1. The average Bonchev–Trinajstić information content (AvgIpc) is 2.97. The Labute approximate surface area is 258 Å². The van der Waals surface area contributed by atoms with E-state index in [-0.39, 0.29) is 24.8 Å². The van der Waals surface area contributed by atoms with E-state index in [9.17, 15) is 31.1 Å². The van der Waals surface area contributed by atoms with Crippen molar-refractivity contribution in [3.05, 3.63) is 82.9 Å². The molecule has 2 saturated heterocycles. The van der Waals surface area contributed by atoms with Gasteiger partial charge in [-0.1, -0.05) is 54.3 Å². The summed E-state index contributed by atoms with van der Waals surface area (Å²) >= 11 is 0. The molecule has 0 saturated carbocycles. The molecule has 5 nitrogen and oxygen atoms in total. The molecule has 0 bridgehead atoms. The van der Waals surface area contributed by atoms with Gasteiger partial charge < -0.3 is 9.64 Å². The minimum Gasteiger partial charge on any atom is -0.373 e. The Morgan fingerprint density at radius 1 is 0.778 bits per heavy atom. The molecule has 240 valence electrons. The van der Waals surface area contributed by atoms with E-state index in [0.29, 0.717) is 44.7 Å². The van der Waals surface area contributed by atoms with Gasteiger partial charge in [0.05, 0.1) is 36.4 Å². The van der Waals surface area contributed by atoms with Crippen LogP contribution in [0.25, 0.3) is 10.8 Å². The van der Waals surface area contributed by atoms with Gasteiger partial charge in [0.2, 0.25) is 0 Å². The fourth-order valence-electron chi connectivity index (χ4n) is 6.14. The lowest BCUT2D eigenvalue weighted by Crippen LogP contribution is -2.56. The molecular weight excluding hydrogens is 596 g/mol. The zero-order valence-corrected chi connectivity index (χ0v) is 25.1. The van der Waals surface area contributed by atoms with Crippen LogP contribution in [-0.2, 0) is 23.5 Å². The molecule has 45 heavy (non-hydrogen) atoms. The van der Waals surface area contributed by atoms with Crippen molar-refractivity contribution < 1.29 is 35.9 Å². The molecule has 0 spiro atoms. The normalized spacial score (nSPS) is 21.9. The van der Waals surface area contributed by atoms with Crippen molar-refractivity contribution >= 4 is 16.7 Å². The van der Waals surface area contributed by atoms with Gasteiger partial charge >= 0.3 is 12.4 Å². The summed E-state index contributed by atoms with van der Waals surface area (Å²) in [6, 6.07) is 14.2. The summed E-state index contributed by atoms with van der Waals surface area (Å²) in [5.74, 6) is 5.56. The van der Waals surface area contributed by atoms with Crippen molar-refractivity contribution in [1.29, 1.82) is 0 Å². The molecule has 0 radical (unpaired) electrons. The van der Waals surface area contributed by atoms with E-state index < -0.39 is 41.0 Å². The lowest BCUT2D eigenvalue weighted by atomic mass is 9.97. The Bertz CT molecular complexity index is 1540. The van der Waals surface area contributed by atoms with Gasteiger partial charge in [-0.25, -0.2) is 0 Å². The smallest absolute Gasteiger partial charge is 0.373 e. The SMILES string of the molecule is CC1CN(CC#CCN2CCN(C(=O)c3cc(C(F)(F)F)cc(C(F)(F)F)c3)[C@H](Cc3ccc4ccccc4c3)C2)CC(C)O1. The first-order valence-corrected chi connectivity index (χ1v) is 14.9. The van der Waals surface area contributed by atoms with Crippen molar-refractivity contribution in [2.75, 3.05) is 45.8 Å². The van der Waals surface area contributed by atoms with Crippen LogP contribution in [0.3, 0.4) is 0 Å². The van der Waals surface area contributed by atoms with Gasteiger partial charge in [0.25, 0.3) is 5.91 Å². The van der Waals surface area contributed by atoms with Crippen LogP contribution in [0.2, 0.25) is 0 Å².